The van der Waals surface area contributed by atoms with Crippen LogP contribution in [0.3, 0.4) is 0 Å². The van der Waals surface area contributed by atoms with E-state index >= 15 is 0 Å². The zero-order valence-electron chi connectivity index (χ0n) is 21.8. The van der Waals surface area contributed by atoms with Crippen molar-refractivity contribution in [1.29, 1.82) is 0 Å². The zero-order chi connectivity index (χ0) is 27.8. The predicted molar refractivity (Wildman–Crippen MR) is 155 cm³/mol. The van der Waals surface area contributed by atoms with Gasteiger partial charge < -0.3 is 15.4 Å². The van der Waals surface area contributed by atoms with Gasteiger partial charge >= 0.3 is 0 Å². The van der Waals surface area contributed by atoms with E-state index in [0.717, 1.165) is 29.7 Å². The van der Waals surface area contributed by atoms with Gasteiger partial charge in [0.15, 0.2) is 12.4 Å². The van der Waals surface area contributed by atoms with Gasteiger partial charge in [0.25, 0.3) is 11.8 Å². The molecule has 0 spiro atoms. The molecule has 4 aromatic rings. The molecule has 0 fully saturated rings. The molecule has 7 heteroatoms. The molecule has 0 saturated heterocycles. The maximum absolute atomic E-state index is 13.0. The first kappa shape index (κ1) is 27.6. The number of aryl methyl sites for hydroxylation is 2. The fraction of sp³-hybridized carbons (Fsp3) is 0.156. The lowest BCUT2D eigenvalue weighted by molar-refractivity contribution is -0.118. The maximum atomic E-state index is 13.0. The van der Waals surface area contributed by atoms with Crippen molar-refractivity contribution in [2.24, 2.45) is 0 Å². The van der Waals surface area contributed by atoms with Crippen molar-refractivity contribution in [3.05, 3.63) is 124 Å². The summed E-state index contributed by atoms with van der Waals surface area (Å²) in [4.78, 5) is 38.5. The van der Waals surface area contributed by atoms with Crippen LogP contribution >= 0.6 is 11.6 Å². The first-order valence-corrected chi connectivity index (χ1v) is 13.1. The van der Waals surface area contributed by atoms with E-state index in [1.807, 2.05) is 24.3 Å². The Hall–Kier alpha value is -4.42. The van der Waals surface area contributed by atoms with Crippen LogP contribution in [0.1, 0.15) is 51.3 Å². The second-order valence-electron chi connectivity index (χ2n) is 8.86. The molecule has 0 aromatic heterocycles. The number of benzene rings is 4. The summed E-state index contributed by atoms with van der Waals surface area (Å²) in [6.45, 7) is 3.83. The maximum Gasteiger partial charge on any atom is 0.262 e. The molecule has 39 heavy (non-hydrogen) atoms. The van der Waals surface area contributed by atoms with Gasteiger partial charge in [-0.2, -0.15) is 0 Å². The third-order valence-corrected chi connectivity index (χ3v) is 6.50. The highest BCUT2D eigenvalue weighted by Gasteiger charge is 2.17. The largest absolute Gasteiger partial charge is 0.484 e. The lowest BCUT2D eigenvalue weighted by Gasteiger charge is -2.15. The molecule has 4 aromatic carbocycles. The number of hydrogen-bond donors (Lipinski definition) is 2. The van der Waals surface area contributed by atoms with Gasteiger partial charge in [-0.15, -0.1) is 0 Å². The van der Waals surface area contributed by atoms with E-state index in [9.17, 15) is 14.4 Å². The zero-order valence-corrected chi connectivity index (χ0v) is 22.5. The van der Waals surface area contributed by atoms with Gasteiger partial charge in [0.05, 0.1) is 5.69 Å². The smallest absolute Gasteiger partial charge is 0.262 e. The van der Waals surface area contributed by atoms with Crippen LogP contribution in [0.5, 0.6) is 5.75 Å². The van der Waals surface area contributed by atoms with Gasteiger partial charge in [0, 0.05) is 27.4 Å². The Labute approximate surface area is 233 Å². The van der Waals surface area contributed by atoms with Crippen molar-refractivity contribution in [2.75, 3.05) is 17.2 Å². The Morgan fingerprint density at radius 2 is 1.41 bits per heavy atom. The number of ether oxygens (including phenoxy) is 1. The number of halogens is 1. The number of carbonyl (C=O) groups excluding carboxylic acids is 3. The second kappa shape index (κ2) is 12.9. The van der Waals surface area contributed by atoms with Gasteiger partial charge in [-0.1, -0.05) is 74.0 Å². The first-order chi connectivity index (χ1) is 18.9. The summed E-state index contributed by atoms with van der Waals surface area (Å²) in [7, 11) is 0. The van der Waals surface area contributed by atoms with Gasteiger partial charge in [-0.05, 0) is 66.4 Å². The van der Waals surface area contributed by atoms with Crippen molar-refractivity contribution in [1.82, 2.24) is 0 Å². The summed E-state index contributed by atoms with van der Waals surface area (Å²) in [5.74, 6) is -0.477. The van der Waals surface area contributed by atoms with Crippen LogP contribution in [0.25, 0.3) is 0 Å². The molecule has 0 heterocycles. The number of ketones is 1. The predicted octanol–water partition coefficient (Wildman–Crippen LogP) is 6.97. The first-order valence-electron chi connectivity index (χ1n) is 12.7. The molecule has 2 amide bonds. The summed E-state index contributed by atoms with van der Waals surface area (Å²) < 4.78 is 5.62. The molecule has 4 rings (SSSR count). The quantitative estimate of drug-likeness (QED) is 0.213. The Morgan fingerprint density at radius 3 is 2.05 bits per heavy atom. The van der Waals surface area contributed by atoms with E-state index in [1.54, 1.807) is 60.7 Å². The van der Waals surface area contributed by atoms with Gasteiger partial charge in [0.2, 0.25) is 0 Å². The van der Waals surface area contributed by atoms with E-state index in [2.05, 4.69) is 24.5 Å². The number of carbonyl (C=O) groups is 3. The average molecular weight is 541 g/mol. The summed E-state index contributed by atoms with van der Waals surface area (Å²) in [5.41, 5.74) is 4.62. The fourth-order valence-corrected chi connectivity index (χ4v) is 4.36. The highest BCUT2D eigenvalue weighted by Crippen LogP contribution is 2.25. The van der Waals surface area contributed by atoms with Crippen molar-refractivity contribution in [2.45, 2.75) is 26.7 Å². The van der Waals surface area contributed by atoms with E-state index < -0.39 is 5.91 Å². The Morgan fingerprint density at radius 1 is 0.744 bits per heavy atom. The molecule has 0 aliphatic heterocycles. The third kappa shape index (κ3) is 6.92. The number of para-hydroxylation sites is 1. The molecular weight excluding hydrogens is 512 g/mol. The van der Waals surface area contributed by atoms with Crippen LogP contribution in [0.2, 0.25) is 5.02 Å². The van der Waals surface area contributed by atoms with Gasteiger partial charge in [0.1, 0.15) is 5.75 Å². The SMILES string of the molecule is CCc1cccc(CC)c1NC(=O)c1ccc(OCC(=O)Nc2ccc(Cl)cc2C(=O)c2ccccc2)cc1. The lowest BCUT2D eigenvalue weighted by Crippen LogP contribution is -2.21. The van der Waals surface area contributed by atoms with Crippen LogP contribution in [-0.4, -0.2) is 24.2 Å². The van der Waals surface area contributed by atoms with Crippen molar-refractivity contribution < 1.29 is 19.1 Å². The number of anilines is 2. The minimum Gasteiger partial charge on any atom is -0.484 e. The third-order valence-electron chi connectivity index (χ3n) is 6.26. The van der Waals surface area contributed by atoms with Gasteiger partial charge in [-0.3, -0.25) is 14.4 Å². The number of amides is 2. The molecule has 198 valence electrons. The molecule has 0 unspecified atom stereocenters. The number of rotatable bonds is 10. The highest BCUT2D eigenvalue weighted by atomic mass is 35.5. The minimum absolute atomic E-state index is 0.215. The molecule has 2 N–H and O–H groups in total. The van der Waals surface area contributed by atoms with Crippen molar-refractivity contribution in [3.8, 4) is 5.75 Å². The molecular formula is C32H29ClN2O4. The summed E-state index contributed by atoms with van der Waals surface area (Å²) >= 11 is 6.12. The molecule has 0 aliphatic rings. The topological polar surface area (TPSA) is 84.5 Å². The number of nitrogens with one attached hydrogen (secondary N) is 2. The monoisotopic (exact) mass is 540 g/mol. The summed E-state index contributed by atoms with van der Waals surface area (Å²) in [6.07, 6.45) is 1.63. The van der Waals surface area contributed by atoms with Crippen LogP contribution in [0, 0.1) is 0 Å². The minimum atomic E-state index is -0.440. The van der Waals surface area contributed by atoms with Gasteiger partial charge in [-0.25, -0.2) is 0 Å². The Balaban J connectivity index is 1.38. The highest BCUT2D eigenvalue weighted by molar-refractivity contribution is 6.31. The Bertz CT molecular complexity index is 1460. The van der Waals surface area contributed by atoms with E-state index in [0.29, 0.717) is 27.6 Å². The molecule has 0 saturated carbocycles. The molecule has 0 atom stereocenters. The average Bonchev–Trinajstić information content (AvgIpc) is 2.97. The van der Waals surface area contributed by atoms with Crippen LogP contribution < -0.4 is 15.4 Å². The van der Waals surface area contributed by atoms with Crippen molar-refractivity contribution in [3.63, 3.8) is 0 Å². The van der Waals surface area contributed by atoms with Crippen molar-refractivity contribution >= 4 is 40.6 Å². The summed E-state index contributed by atoms with van der Waals surface area (Å²) in [6, 6.07) is 26.1. The van der Waals surface area contributed by atoms with E-state index in [1.165, 1.54) is 6.07 Å². The van der Waals surface area contributed by atoms with Crippen LogP contribution in [0.15, 0.2) is 91.0 Å². The fourth-order valence-electron chi connectivity index (χ4n) is 4.18. The van der Waals surface area contributed by atoms with Crippen LogP contribution in [-0.2, 0) is 17.6 Å². The van der Waals surface area contributed by atoms with Crippen LogP contribution in [0.4, 0.5) is 11.4 Å². The summed E-state index contributed by atoms with van der Waals surface area (Å²) in [5, 5.41) is 6.16. The standard InChI is InChI=1S/C32H29ClN2O4/c1-3-21-11-8-12-22(4-2)30(21)35-32(38)24-13-16-26(17-14-24)39-20-29(36)34-28-18-15-25(33)19-27(28)31(37)23-9-6-5-7-10-23/h5-19H,3-4,20H2,1-2H3,(H,34,36)(H,35,38). The molecule has 6 nitrogen and oxygen atoms in total. The van der Waals surface area contributed by atoms with E-state index in [4.69, 9.17) is 16.3 Å². The molecule has 0 aliphatic carbocycles. The normalized spacial score (nSPS) is 10.5. The van der Waals surface area contributed by atoms with E-state index in [-0.39, 0.29) is 23.9 Å². The Kier molecular flexibility index (Phi) is 9.13. The molecule has 0 radical (unpaired) electrons. The second-order valence-corrected chi connectivity index (χ2v) is 9.30. The lowest BCUT2D eigenvalue weighted by atomic mass is 10.0. The number of hydrogen-bond acceptors (Lipinski definition) is 4. The molecule has 0 bridgehead atoms.